The Balaban J connectivity index is 0.668. The van der Waals surface area contributed by atoms with Crippen LogP contribution in [0.2, 0.25) is 0 Å². The molecule has 0 fully saturated rings. The van der Waals surface area contributed by atoms with Gasteiger partial charge in [-0.25, -0.2) is 0 Å². The van der Waals surface area contributed by atoms with Gasteiger partial charge < -0.3 is 28.4 Å². The first-order chi connectivity index (χ1) is 36.2. The third-order valence-corrected chi connectivity index (χ3v) is 13.9. The SMILES string of the molecule is c1ccc2c(OCCCCCCCOc3cc(OCCCCCCOc4c5ccccc5cc5ccccc45)cc(OCCCCCCOc4c5ccccc5cc5ccccc45)c3)c3ccccc3cc2c1. The second-order valence-electron chi connectivity index (χ2n) is 19.3. The largest absolute Gasteiger partial charge is 0.493 e. The monoisotopic (exact) mass is 969 g/mol. The smallest absolute Gasteiger partial charge is 0.134 e. The Labute approximate surface area is 430 Å². The van der Waals surface area contributed by atoms with E-state index in [0.717, 1.165) is 118 Å². The normalized spacial score (nSPS) is 11.5. The van der Waals surface area contributed by atoms with Gasteiger partial charge in [0.25, 0.3) is 0 Å². The Bertz CT molecular complexity index is 3060. The van der Waals surface area contributed by atoms with Gasteiger partial charge in [0.15, 0.2) is 0 Å². The van der Waals surface area contributed by atoms with Crippen molar-refractivity contribution in [2.45, 2.75) is 83.5 Å². The minimum Gasteiger partial charge on any atom is -0.493 e. The first kappa shape index (κ1) is 49.2. The first-order valence-corrected chi connectivity index (χ1v) is 26.9. The predicted octanol–water partition coefficient (Wildman–Crippen LogP) is 18.1. The molecule has 0 aliphatic carbocycles. The van der Waals surface area contributed by atoms with Gasteiger partial charge in [-0.15, -0.1) is 0 Å². The highest BCUT2D eigenvalue weighted by molar-refractivity contribution is 6.07. The number of rotatable bonds is 28. The molecule has 0 radical (unpaired) electrons. The quantitative estimate of drug-likeness (QED) is 0.0360. The molecule has 0 aromatic heterocycles. The van der Waals surface area contributed by atoms with E-state index in [1.54, 1.807) is 0 Å². The Morgan fingerprint density at radius 3 is 0.616 bits per heavy atom. The maximum Gasteiger partial charge on any atom is 0.134 e. The summed E-state index contributed by atoms with van der Waals surface area (Å²) < 4.78 is 38.5. The highest BCUT2D eigenvalue weighted by atomic mass is 16.5. The number of benzene rings is 10. The Morgan fingerprint density at radius 2 is 0.384 bits per heavy atom. The molecule has 0 aliphatic rings. The topological polar surface area (TPSA) is 55.4 Å². The molecule has 6 heteroatoms. The van der Waals surface area contributed by atoms with Crippen LogP contribution < -0.4 is 28.4 Å². The molecule has 0 saturated carbocycles. The van der Waals surface area contributed by atoms with Crippen LogP contribution in [0.25, 0.3) is 64.6 Å². The summed E-state index contributed by atoms with van der Waals surface area (Å²) >= 11 is 0. The van der Waals surface area contributed by atoms with E-state index in [1.165, 1.54) is 64.6 Å². The summed E-state index contributed by atoms with van der Waals surface area (Å²) in [6.45, 7) is 4.00. The van der Waals surface area contributed by atoms with Gasteiger partial charge in [0, 0.05) is 50.5 Å². The van der Waals surface area contributed by atoms with Gasteiger partial charge in [0.2, 0.25) is 0 Å². The molecule has 0 unspecified atom stereocenters. The van der Waals surface area contributed by atoms with E-state index in [4.69, 9.17) is 28.4 Å². The van der Waals surface area contributed by atoms with Crippen molar-refractivity contribution in [3.05, 3.63) is 182 Å². The van der Waals surface area contributed by atoms with Crippen LogP contribution in [0.5, 0.6) is 34.5 Å². The second kappa shape index (κ2) is 25.3. The van der Waals surface area contributed by atoms with Gasteiger partial charge in [-0.2, -0.15) is 0 Å². The van der Waals surface area contributed by atoms with Gasteiger partial charge in [-0.1, -0.05) is 165 Å². The van der Waals surface area contributed by atoms with Crippen molar-refractivity contribution in [3.8, 4) is 34.5 Å². The number of fused-ring (bicyclic) bond motifs is 6. The summed E-state index contributed by atoms with van der Waals surface area (Å²) in [6, 6.07) is 63.8. The van der Waals surface area contributed by atoms with E-state index < -0.39 is 0 Å². The Hall–Kier alpha value is -7.44. The molecule has 73 heavy (non-hydrogen) atoms. The first-order valence-electron chi connectivity index (χ1n) is 26.9. The molecule has 0 heterocycles. The molecule has 10 rings (SSSR count). The van der Waals surface area contributed by atoms with Gasteiger partial charge in [-0.05, 0) is 115 Å². The summed E-state index contributed by atoms with van der Waals surface area (Å²) in [5.74, 6) is 5.34. The molecule has 6 nitrogen and oxygen atoms in total. The zero-order chi connectivity index (χ0) is 49.3. The van der Waals surface area contributed by atoms with Crippen LogP contribution in [0.3, 0.4) is 0 Å². The molecule has 10 aromatic carbocycles. The molecule has 0 N–H and O–H groups in total. The van der Waals surface area contributed by atoms with E-state index in [2.05, 4.69) is 164 Å². The van der Waals surface area contributed by atoms with Crippen LogP contribution in [0.15, 0.2) is 182 Å². The minimum atomic E-state index is 0.634. The van der Waals surface area contributed by atoms with E-state index in [9.17, 15) is 0 Å². The lowest BCUT2D eigenvalue weighted by molar-refractivity contribution is 0.271. The third-order valence-electron chi connectivity index (χ3n) is 13.9. The average Bonchev–Trinajstić information content (AvgIpc) is 3.43. The van der Waals surface area contributed by atoms with Crippen LogP contribution in [-0.4, -0.2) is 39.6 Å². The van der Waals surface area contributed by atoms with Crippen molar-refractivity contribution in [3.63, 3.8) is 0 Å². The van der Waals surface area contributed by atoms with E-state index in [0.29, 0.717) is 39.6 Å². The van der Waals surface area contributed by atoms with Crippen LogP contribution in [0.4, 0.5) is 0 Å². The summed E-state index contributed by atoms with van der Waals surface area (Å²) in [7, 11) is 0. The van der Waals surface area contributed by atoms with Crippen molar-refractivity contribution >= 4 is 64.6 Å². The lowest BCUT2D eigenvalue weighted by Gasteiger charge is -2.14. The fraction of sp³-hybridized carbons (Fsp3) is 0.284. The van der Waals surface area contributed by atoms with E-state index >= 15 is 0 Å². The zero-order valence-electron chi connectivity index (χ0n) is 42.2. The standard InChI is InChI=1S/C67H68O6/c1(3-23-41-71-65-59-32-14-8-26-50(59)44-51-27-9-15-33-60(51)65)2-20-38-68-56-47-57(69-39-21-4-6-24-42-72-66-61-34-16-10-28-52(61)45-53-29-11-17-35-62(53)66)49-58(48-56)70-40-22-5-7-25-43-73-67-63-36-18-12-30-54(63)46-55-31-13-19-37-64(55)67/h8-19,26-37,44-49H,1-7,20-25,38-43H2. The van der Waals surface area contributed by atoms with Crippen molar-refractivity contribution in [1.29, 1.82) is 0 Å². The van der Waals surface area contributed by atoms with E-state index in [1.807, 2.05) is 18.2 Å². The van der Waals surface area contributed by atoms with Crippen molar-refractivity contribution < 1.29 is 28.4 Å². The zero-order valence-corrected chi connectivity index (χ0v) is 42.2. The third kappa shape index (κ3) is 12.8. The summed E-state index contributed by atoms with van der Waals surface area (Å²) in [5, 5.41) is 14.3. The fourth-order valence-corrected chi connectivity index (χ4v) is 10.1. The van der Waals surface area contributed by atoms with Crippen molar-refractivity contribution in [1.82, 2.24) is 0 Å². The second-order valence-corrected chi connectivity index (χ2v) is 19.3. The molecular formula is C67H68O6. The van der Waals surface area contributed by atoms with Gasteiger partial charge in [0.1, 0.15) is 34.5 Å². The minimum absolute atomic E-state index is 0.634. The average molecular weight is 969 g/mol. The number of hydrogen-bond acceptors (Lipinski definition) is 6. The summed E-state index contributed by atoms with van der Waals surface area (Å²) in [5.41, 5.74) is 0. The molecule has 0 saturated heterocycles. The lowest BCUT2D eigenvalue weighted by Crippen LogP contribution is -2.03. The maximum absolute atomic E-state index is 6.48. The lowest BCUT2D eigenvalue weighted by atomic mass is 10.0. The number of ether oxygens (including phenoxy) is 6. The number of hydrogen-bond donors (Lipinski definition) is 0. The fourth-order valence-electron chi connectivity index (χ4n) is 10.1. The molecule has 0 atom stereocenters. The Morgan fingerprint density at radius 1 is 0.192 bits per heavy atom. The number of unbranched alkanes of at least 4 members (excludes halogenated alkanes) is 10. The molecule has 0 amide bonds. The summed E-state index contributed by atoms with van der Waals surface area (Å²) in [6.07, 6.45) is 13.5. The molecule has 372 valence electrons. The van der Waals surface area contributed by atoms with Gasteiger partial charge >= 0.3 is 0 Å². The van der Waals surface area contributed by atoms with Crippen molar-refractivity contribution in [2.24, 2.45) is 0 Å². The molecule has 10 aromatic rings. The Kier molecular flexibility index (Phi) is 17.0. The van der Waals surface area contributed by atoms with E-state index in [-0.39, 0.29) is 0 Å². The molecule has 0 bridgehead atoms. The predicted molar refractivity (Wildman–Crippen MR) is 304 cm³/mol. The molecule has 0 spiro atoms. The van der Waals surface area contributed by atoms with Crippen LogP contribution in [0.1, 0.15) is 83.5 Å². The van der Waals surface area contributed by atoms with Gasteiger partial charge in [-0.3, -0.25) is 0 Å². The van der Waals surface area contributed by atoms with Crippen molar-refractivity contribution in [2.75, 3.05) is 39.6 Å². The highest BCUT2D eigenvalue weighted by Crippen LogP contribution is 2.38. The van der Waals surface area contributed by atoms with Crippen LogP contribution >= 0.6 is 0 Å². The maximum atomic E-state index is 6.48. The highest BCUT2D eigenvalue weighted by Gasteiger charge is 2.12. The van der Waals surface area contributed by atoms with Gasteiger partial charge in [0.05, 0.1) is 39.6 Å². The van der Waals surface area contributed by atoms with Crippen LogP contribution in [0, 0.1) is 0 Å². The van der Waals surface area contributed by atoms with Crippen LogP contribution in [-0.2, 0) is 0 Å². The molecule has 0 aliphatic heterocycles. The summed E-state index contributed by atoms with van der Waals surface area (Å²) in [4.78, 5) is 0. The molecular weight excluding hydrogens is 901 g/mol.